The van der Waals surface area contributed by atoms with Gasteiger partial charge in [0.05, 0.1) is 0 Å². The van der Waals surface area contributed by atoms with Gasteiger partial charge in [0.2, 0.25) is 0 Å². The molecule has 0 saturated carbocycles. The molecule has 6 nitrogen and oxygen atoms in total. The van der Waals surface area contributed by atoms with Gasteiger partial charge < -0.3 is 24.8 Å². The van der Waals surface area contributed by atoms with E-state index in [1.807, 2.05) is 31.2 Å². The van der Waals surface area contributed by atoms with Crippen LogP contribution in [0.3, 0.4) is 0 Å². The first kappa shape index (κ1) is 18.4. The Balaban J connectivity index is 1.85. The summed E-state index contributed by atoms with van der Waals surface area (Å²) in [5.41, 5.74) is 2.38. The van der Waals surface area contributed by atoms with Gasteiger partial charge in [-0.25, -0.2) is 0 Å². The molecule has 0 fully saturated rings. The lowest BCUT2D eigenvalue weighted by molar-refractivity contribution is 0.400. The predicted octanol–water partition coefficient (Wildman–Crippen LogP) is 4.18. The van der Waals surface area contributed by atoms with Crippen LogP contribution in [0.15, 0.2) is 63.8 Å². The molecule has 0 saturated heterocycles. The molecule has 0 unspecified atom stereocenters. The molecule has 0 radical (unpaired) electrons. The molecule has 4 rings (SSSR count). The van der Waals surface area contributed by atoms with Crippen molar-refractivity contribution in [1.82, 2.24) is 0 Å². The third-order valence-corrected chi connectivity index (χ3v) is 4.72. The molecule has 0 spiro atoms. The van der Waals surface area contributed by atoms with Gasteiger partial charge in [0.15, 0.2) is 16.9 Å². The smallest absolute Gasteiger partial charge is 0.197 e. The van der Waals surface area contributed by atoms with Crippen LogP contribution in [0.25, 0.3) is 22.3 Å². The number of phenols is 4. The van der Waals surface area contributed by atoms with Crippen molar-refractivity contribution in [3.8, 4) is 34.3 Å². The molecule has 1 aromatic heterocycles. The quantitative estimate of drug-likeness (QED) is 0.391. The molecule has 0 amide bonds. The van der Waals surface area contributed by atoms with Crippen molar-refractivity contribution in [2.24, 2.45) is 0 Å². The van der Waals surface area contributed by atoms with E-state index < -0.39 is 5.43 Å². The summed E-state index contributed by atoms with van der Waals surface area (Å²) in [4.78, 5) is 12.5. The summed E-state index contributed by atoms with van der Waals surface area (Å²) in [5, 5.41) is 40.0. The molecule has 6 heteroatoms. The van der Waals surface area contributed by atoms with Gasteiger partial charge >= 0.3 is 0 Å². The Morgan fingerprint density at radius 3 is 2.45 bits per heavy atom. The van der Waals surface area contributed by atoms with Crippen molar-refractivity contribution in [3.63, 3.8) is 0 Å². The van der Waals surface area contributed by atoms with Crippen LogP contribution >= 0.6 is 0 Å². The Kier molecular flexibility index (Phi) is 4.39. The lowest BCUT2D eigenvalue weighted by atomic mass is 9.99. The minimum atomic E-state index is -0.494. The fraction of sp³-hybridized carbons (Fsp3) is 0.0870. The number of fused-ring (bicyclic) bond motifs is 1. The number of rotatable bonds is 3. The van der Waals surface area contributed by atoms with Gasteiger partial charge in [-0.15, -0.1) is 0 Å². The number of aromatic hydroxyl groups is 4. The van der Waals surface area contributed by atoms with Gasteiger partial charge in [-0.3, -0.25) is 4.79 Å². The second-order valence-corrected chi connectivity index (χ2v) is 6.98. The van der Waals surface area contributed by atoms with E-state index in [2.05, 4.69) is 0 Å². The number of hydrogen-bond acceptors (Lipinski definition) is 6. The first-order valence-electron chi connectivity index (χ1n) is 8.92. The zero-order valence-electron chi connectivity index (χ0n) is 15.5. The standard InChI is InChI=1S/C23H18O6/c1-12-3-2-4-13(5-12)6-15-7-14(8-19(27)23(15)28)20-11-18(26)22-17(25)9-16(24)10-21(22)29-20/h2-5,7-11,24-25,27-28H,6H2,1H3. The van der Waals surface area contributed by atoms with E-state index in [1.165, 1.54) is 18.2 Å². The second kappa shape index (κ2) is 6.91. The molecule has 0 atom stereocenters. The molecule has 146 valence electrons. The lowest BCUT2D eigenvalue weighted by Gasteiger charge is -2.11. The SMILES string of the molecule is Cc1cccc(Cc2cc(-c3cc(=O)c4c(O)cc(O)cc4o3)cc(O)c2O)c1. The summed E-state index contributed by atoms with van der Waals surface area (Å²) in [6, 6.07) is 14.2. The highest BCUT2D eigenvalue weighted by molar-refractivity contribution is 5.86. The van der Waals surface area contributed by atoms with Gasteiger partial charge in [-0.2, -0.15) is 0 Å². The monoisotopic (exact) mass is 390 g/mol. The maximum Gasteiger partial charge on any atom is 0.197 e. The van der Waals surface area contributed by atoms with Crippen molar-refractivity contribution in [1.29, 1.82) is 0 Å². The summed E-state index contributed by atoms with van der Waals surface area (Å²) in [5.74, 6) is -1.08. The van der Waals surface area contributed by atoms with Crippen LogP contribution in [0.5, 0.6) is 23.0 Å². The zero-order chi connectivity index (χ0) is 20.7. The topological polar surface area (TPSA) is 111 Å². The van der Waals surface area contributed by atoms with Crippen LogP contribution < -0.4 is 5.43 Å². The average molecular weight is 390 g/mol. The third-order valence-electron chi connectivity index (χ3n) is 4.72. The number of hydrogen-bond donors (Lipinski definition) is 4. The van der Waals surface area contributed by atoms with Crippen LogP contribution in [0.2, 0.25) is 0 Å². The molecular formula is C23H18O6. The fourth-order valence-electron chi connectivity index (χ4n) is 3.39. The van der Waals surface area contributed by atoms with Gasteiger partial charge in [-0.1, -0.05) is 29.8 Å². The van der Waals surface area contributed by atoms with Crippen molar-refractivity contribution >= 4 is 11.0 Å². The maximum absolute atomic E-state index is 12.5. The highest BCUT2D eigenvalue weighted by atomic mass is 16.3. The fourth-order valence-corrected chi connectivity index (χ4v) is 3.39. The van der Waals surface area contributed by atoms with Crippen molar-refractivity contribution in [2.75, 3.05) is 0 Å². The van der Waals surface area contributed by atoms with Gasteiger partial charge in [0.25, 0.3) is 0 Å². The van der Waals surface area contributed by atoms with E-state index in [-0.39, 0.29) is 39.7 Å². The van der Waals surface area contributed by atoms with Crippen LogP contribution in [0, 0.1) is 6.92 Å². The average Bonchev–Trinajstić information content (AvgIpc) is 2.64. The second-order valence-electron chi connectivity index (χ2n) is 6.98. The molecule has 4 N–H and O–H groups in total. The van der Waals surface area contributed by atoms with Crippen LogP contribution in [-0.2, 0) is 6.42 Å². The molecule has 29 heavy (non-hydrogen) atoms. The highest BCUT2D eigenvalue weighted by Crippen LogP contribution is 2.37. The van der Waals surface area contributed by atoms with Gasteiger partial charge in [-0.05, 0) is 24.6 Å². The molecule has 3 aromatic carbocycles. The zero-order valence-corrected chi connectivity index (χ0v) is 15.5. The Bertz CT molecular complexity index is 1300. The summed E-state index contributed by atoms with van der Waals surface area (Å²) < 4.78 is 5.70. The van der Waals surface area contributed by atoms with Crippen LogP contribution in [-0.4, -0.2) is 20.4 Å². The summed E-state index contributed by atoms with van der Waals surface area (Å²) in [6.45, 7) is 1.96. The first-order chi connectivity index (χ1) is 13.8. The summed E-state index contributed by atoms with van der Waals surface area (Å²) in [7, 11) is 0. The summed E-state index contributed by atoms with van der Waals surface area (Å²) >= 11 is 0. The summed E-state index contributed by atoms with van der Waals surface area (Å²) in [6.07, 6.45) is 0.369. The Labute approximate surface area is 165 Å². The molecule has 0 aliphatic carbocycles. The van der Waals surface area contributed by atoms with Crippen molar-refractivity contribution < 1.29 is 24.8 Å². The molecular weight excluding hydrogens is 372 g/mol. The Hall–Kier alpha value is -3.93. The van der Waals surface area contributed by atoms with E-state index in [0.717, 1.165) is 17.2 Å². The van der Waals surface area contributed by atoms with Gasteiger partial charge in [0.1, 0.15) is 28.2 Å². The van der Waals surface area contributed by atoms with E-state index >= 15 is 0 Å². The molecule has 1 heterocycles. The van der Waals surface area contributed by atoms with E-state index in [9.17, 15) is 25.2 Å². The normalized spacial score (nSPS) is 11.1. The number of phenolic OH excluding ortho intramolecular Hbond substituents is 4. The van der Waals surface area contributed by atoms with Gasteiger partial charge in [0, 0.05) is 35.7 Å². The predicted molar refractivity (Wildman–Crippen MR) is 109 cm³/mol. The van der Waals surface area contributed by atoms with Crippen molar-refractivity contribution in [3.05, 3.63) is 81.5 Å². The number of benzene rings is 3. The maximum atomic E-state index is 12.5. The minimum absolute atomic E-state index is 0.0119. The minimum Gasteiger partial charge on any atom is -0.508 e. The largest absolute Gasteiger partial charge is 0.508 e. The first-order valence-corrected chi connectivity index (χ1v) is 8.92. The Morgan fingerprint density at radius 1 is 0.897 bits per heavy atom. The van der Waals surface area contributed by atoms with E-state index in [1.54, 1.807) is 6.07 Å². The van der Waals surface area contributed by atoms with E-state index in [4.69, 9.17) is 4.42 Å². The third kappa shape index (κ3) is 3.48. The molecule has 4 aromatic rings. The number of aryl methyl sites for hydroxylation is 1. The highest BCUT2D eigenvalue weighted by Gasteiger charge is 2.16. The molecule has 0 aliphatic rings. The van der Waals surface area contributed by atoms with Crippen LogP contribution in [0.1, 0.15) is 16.7 Å². The van der Waals surface area contributed by atoms with Crippen molar-refractivity contribution in [2.45, 2.75) is 13.3 Å². The lowest BCUT2D eigenvalue weighted by Crippen LogP contribution is -2.01. The van der Waals surface area contributed by atoms with E-state index in [0.29, 0.717) is 17.5 Å². The molecule has 0 bridgehead atoms. The van der Waals surface area contributed by atoms with Crippen LogP contribution in [0.4, 0.5) is 0 Å². The Morgan fingerprint density at radius 2 is 1.69 bits per heavy atom. The molecule has 0 aliphatic heterocycles.